The minimum atomic E-state index is -10.7. The fraction of sp³-hybridized carbons (Fsp3) is 0.0588. The second kappa shape index (κ2) is 26.4. The summed E-state index contributed by atoms with van der Waals surface area (Å²) in [7, 11) is -32.0. The number of rotatable bonds is 9. The Labute approximate surface area is 481 Å². The Balaban J connectivity index is 0.000000285. The molecule has 0 aliphatic carbocycles. The number of halogens is 18. The van der Waals surface area contributed by atoms with Crippen molar-refractivity contribution in [2.24, 2.45) is 0 Å². The van der Waals surface area contributed by atoms with Crippen molar-refractivity contribution in [2.75, 3.05) is 0 Å². The molecule has 0 atom stereocenters. The third-order valence-electron chi connectivity index (χ3n) is 9.03. The van der Waals surface area contributed by atoms with Crippen LogP contribution < -0.4 is 0 Å². The van der Waals surface area contributed by atoms with E-state index >= 15 is 0 Å². The van der Waals surface area contributed by atoms with Crippen molar-refractivity contribution in [2.45, 2.75) is 20.8 Å². The van der Waals surface area contributed by atoms with Gasteiger partial charge in [0, 0.05) is 91.1 Å². The van der Waals surface area contributed by atoms with E-state index in [1.807, 2.05) is 130 Å². The van der Waals surface area contributed by atoms with Crippen molar-refractivity contribution in [1.82, 2.24) is 59.8 Å². The molecule has 0 aliphatic rings. The fourth-order valence-corrected chi connectivity index (χ4v) is 5.87. The fourth-order valence-electron chi connectivity index (χ4n) is 5.87. The summed E-state index contributed by atoms with van der Waals surface area (Å²) >= 11 is 0. The van der Waals surface area contributed by atoms with E-state index in [0.29, 0.717) is 0 Å². The molecular formula is C51H42F18FeN12P3. The van der Waals surface area contributed by atoms with Gasteiger partial charge in [-0.15, -0.1) is 0 Å². The Morgan fingerprint density at radius 3 is 0.612 bits per heavy atom. The molecule has 85 heavy (non-hydrogen) atoms. The first-order valence-corrected chi connectivity index (χ1v) is 29.0. The monoisotopic (exact) mass is 1310 g/mol. The van der Waals surface area contributed by atoms with Gasteiger partial charge < -0.3 is 0 Å². The van der Waals surface area contributed by atoms with Crippen LogP contribution in [0.25, 0.3) is 70.6 Å². The van der Waals surface area contributed by atoms with Crippen LogP contribution >= 0.6 is 23.4 Å². The minimum Gasteiger partial charge on any atom is 3.00 e. The summed E-state index contributed by atoms with van der Waals surface area (Å²) in [6.07, 6.45) is 37.9. The van der Waals surface area contributed by atoms with E-state index in [1.54, 1.807) is 74.4 Å². The zero-order valence-corrected chi connectivity index (χ0v) is 47.2. The smallest absolute Gasteiger partial charge is 3.00 e. The number of aromatic nitrogens is 12. The number of aryl methyl sites for hydroxylation is 3. The van der Waals surface area contributed by atoms with Gasteiger partial charge in [0.15, 0.2) is 0 Å². The molecule has 1 radical (unpaired) electrons. The van der Waals surface area contributed by atoms with Crippen LogP contribution in [0.15, 0.2) is 166 Å². The van der Waals surface area contributed by atoms with Gasteiger partial charge in [-0.05, 0) is 127 Å². The maximum Gasteiger partial charge on any atom is 3.00 e. The molecule has 0 spiro atoms. The molecule has 9 aromatic heterocycles. The van der Waals surface area contributed by atoms with Crippen molar-refractivity contribution in [1.29, 1.82) is 0 Å². The van der Waals surface area contributed by atoms with Gasteiger partial charge in [0.1, 0.15) is 19.0 Å². The van der Waals surface area contributed by atoms with E-state index in [-0.39, 0.29) is 17.1 Å². The Kier molecular flexibility index (Phi) is 22.1. The Morgan fingerprint density at radius 2 is 0.424 bits per heavy atom. The largest absolute Gasteiger partial charge is 3.00 e. The molecule has 9 rings (SSSR count). The summed E-state index contributed by atoms with van der Waals surface area (Å²) in [5.74, 6) is 0. The van der Waals surface area contributed by atoms with E-state index in [4.69, 9.17) is 0 Å². The zero-order valence-electron chi connectivity index (χ0n) is 43.4. The Hall–Kier alpha value is -8.09. The average Bonchev–Trinajstić information content (AvgIpc) is 1.74. The molecular weight excluding hydrogens is 1270 g/mol. The second-order valence-corrected chi connectivity index (χ2v) is 22.7. The van der Waals surface area contributed by atoms with Crippen molar-refractivity contribution < 1.29 is 92.6 Å². The van der Waals surface area contributed by atoms with Gasteiger partial charge >= 0.3 is 116 Å². The summed E-state index contributed by atoms with van der Waals surface area (Å²) in [6, 6.07) is 23.9. The number of nitrogens with zero attached hydrogens (tertiary/aromatic N) is 12. The summed E-state index contributed by atoms with van der Waals surface area (Å²) in [4.78, 5) is 50.2. The van der Waals surface area contributed by atoms with Gasteiger partial charge in [-0.2, -0.15) is 0 Å². The third kappa shape index (κ3) is 39.2. The summed E-state index contributed by atoms with van der Waals surface area (Å²) < 4.78 is 178. The van der Waals surface area contributed by atoms with Gasteiger partial charge in [-0.3, -0.25) is 29.9 Å². The first kappa shape index (κ1) is 71.2. The maximum atomic E-state index is 9.87. The SMILES string of the molecule is Cc1ccnc(-c2cc(C=Cc3cncnc3)ccn2)c1.Cc1ccnc(-c2cc(C=Cc3cncnc3)ccn2)c1.Cc1ccnc(-c2cc(C=Cc3cncnc3)ccn2)c1.F[P-](F)(F)(F)(F)F.F[P-](F)(F)(F)(F)F.F[P-](F)(F)(F)(F)F.[Fe+3]. The minimum absolute atomic E-state index is 0. The standard InChI is InChI=1S/3C17H14N4.3F6P.Fe/c3*1-13-4-6-20-16(8-13)17-9-14(5-7-21-17)2-3-15-10-18-12-19-11-15;3*1-7(2,3,4,5)6;/h3*2-12H,1H3;;;;/q;;;3*-1;+3. The van der Waals surface area contributed by atoms with Crippen LogP contribution in [0, 0.1) is 20.8 Å². The zero-order chi connectivity index (χ0) is 62.7. The summed E-state index contributed by atoms with van der Waals surface area (Å²) in [6.45, 7) is 6.14. The molecule has 0 bridgehead atoms. The van der Waals surface area contributed by atoms with Crippen LogP contribution in [-0.4, -0.2) is 59.8 Å². The number of hydrogen-bond acceptors (Lipinski definition) is 12. The van der Waals surface area contributed by atoms with Crippen LogP contribution in [-0.2, 0) is 17.1 Å². The molecule has 0 N–H and O–H groups in total. The van der Waals surface area contributed by atoms with E-state index < -0.39 is 23.4 Å². The summed E-state index contributed by atoms with van der Waals surface area (Å²) in [5.41, 5.74) is 14.8. The molecule has 0 amide bonds. The van der Waals surface area contributed by atoms with E-state index in [0.717, 1.165) is 67.5 Å². The predicted octanol–water partition coefficient (Wildman–Crippen LogP) is 20.4. The van der Waals surface area contributed by atoms with Crippen LogP contribution in [0.4, 0.5) is 75.5 Å². The molecule has 0 saturated carbocycles. The van der Waals surface area contributed by atoms with Crippen molar-refractivity contribution in [3.8, 4) is 34.2 Å². The van der Waals surface area contributed by atoms with Crippen LogP contribution in [0.2, 0.25) is 0 Å². The van der Waals surface area contributed by atoms with Crippen LogP contribution in [0.5, 0.6) is 0 Å². The predicted molar refractivity (Wildman–Crippen MR) is 290 cm³/mol. The molecule has 0 aromatic carbocycles. The van der Waals surface area contributed by atoms with E-state index in [9.17, 15) is 75.5 Å². The van der Waals surface area contributed by atoms with E-state index in [1.165, 1.54) is 35.7 Å². The molecule has 34 heteroatoms. The number of hydrogen-bond donors (Lipinski definition) is 0. The molecule has 0 fully saturated rings. The van der Waals surface area contributed by atoms with Crippen LogP contribution in [0.1, 0.15) is 50.1 Å². The van der Waals surface area contributed by atoms with Gasteiger partial charge in [0.05, 0.1) is 34.2 Å². The van der Waals surface area contributed by atoms with Gasteiger partial charge in [-0.25, -0.2) is 29.9 Å². The quantitative estimate of drug-likeness (QED) is 0.0767. The first-order valence-electron chi connectivity index (χ1n) is 22.9. The Bertz CT molecular complexity index is 3290. The molecule has 455 valence electrons. The molecule has 0 unspecified atom stereocenters. The maximum absolute atomic E-state index is 10.7. The average molecular weight is 1310 g/mol. The molecule has 0 saturated heterocycles. The summed E-state index contributed by atoms with van der Waals surface area (Å²) in [5, 5.41) is 0. The van der Waals surface area contributed by atoms with Crippen molar-refractivity contribution >= 4 is 59.9 Å². The van der Waals surface area contributed by atoms with Gasteiger partial charge in [-0.1, -0.05) is 36.5 Å². The topological polar surface area (TPSA) is 155 Å². The third-order valence-corrected chi connectivity index (χ3v) is 9.03. The van der Waals surface area contributed by atoms with E-state index in [2.05, 4.69) is 59.8 Å². The first-order chi connectivity index (χ1) is 38.3. The molecule has 12 nitrogen and oxygen atoms in total. The van der Waals surface area contributed by atoms with Gasteiger partial charge in [0.25, 0.3) is 0 Å². The molecule has 0 aliphatic heterocycles. The molecule has 9 aromatic rings. The Morgan fingerprint density at radius 1 is 0.259 bits per heavy atom. The number of pyridine rings is 6. The normalized spacial score (nSPS) is 13.8. The van der Waals surface area contributed by atoms with Crippen molar-refractivity contribution in [3.63, 3.8) is 0 Å². The second-order valence-electron chi connectivity index (χ2n) is 17.0. The van der Waals surface area contributed by atoms with Gasteiger partial charge in [0.2, 0.25) is 0 Å². The van der Waals surface area contributed by atoms with Crippen molar-refractivity contribution in [3.05, 3.63) is 216 Å². The van der Waals surface area contributed by atoms with Crippen LogP contribution in [0.3, 0.4) is 0 Å². The molecule has 9 heterocycles.